The fraction of sp³-hybridized carbons (Fsp3) is 0.0625. The number of nitrogens with one attached hydrogen (secondary N) is 2. The number of nitrogens with zero attached hydrogens (tertiary/aromatic N) is 2. The van der Waals surface area contributed by atoms with Gasteiger partial charge in [-0.1, -0.05) is 29.8 Å². The minimum atomic E-state index is -0.504. The number of halogens is 2. The van der Waals surface area contributed by atoms with E-state index in [0.717, 1.165) is 0 Å². The molecule has 2 N–H and O–H groups in total. The van der Waals surface area contributed by atoms with Gasteiger partial charge in [0.1, 0.15) is 10.8 Å². The average molecular weight is 331 g/mol. The number of rotatable bonds is 4. The molecule has 0 spiro atoms. The number of aromatic amines is 1. The highest BCUT2D eigenvalue weighted by molar-refractivity contribution is 6.32. The first kappa shape index (κ1) is 15.2. The van der Waals surface area contributed by atoms with Crippen LogP contribution in [0.2, 0.25) is 5.02 Å². The van der Waals surface area contributed by atoms with Crippen molar-refractivity contribution in [1.29, 1.82) is 0 Å². The van der Waals surface area contributed by atoms with Gasteiger partial charge in [0.2, 0.25) is 0 Å². The van der Waals surface area contributed by atoms with Gasteiger partial charge in [-0.3, -0.25) is 9.78 Å². The number of hydrogen-bond acceptors (Lipinski definition) is 4. The van der Waals surface area contributed by atoms with Crippen LogP contribution in [0, 0.1) is 5.82 Å². The van der Waals surface area contributed by atoms with Crippen molar-refractivity contribution in [2.75, 3.05) is 5.32 Å². The molecule has 1 aromatic carbocycles. The van der Waals surface area contributed by atoms with Gasteiger partial charge in [-0.2, -0.15) is 5.10 Å². The molecule has 0 saturated carbocycles. The lowest BCUT2D eigenvalue weighted by atomic mass is 10.0. The van der Waals surface area contributed by atoms with Crippen LogP contribution in [0.3, 0.4) is 0 Å². The highest BCUT2D eigenvalue weighted by atomic mass is 35.5. The lowest BCUT2D eigenvalue weighted by Gasteiger charge is -2.20. The second-order valence-electron chi connectivity index (χ2n) is 4.81. The summed E-state index contributed by atoms with van der Waals surface area (Å²) in [4.78, 5) is 15.9. The summed E-state index contributed by atoms with van der Waals surface area (Å²) >= 11 is 6.00. The normalized spacial score (nSPS) is 11.9. The van der Waals surface area contributed by atoms with E-state index in [2.05, 4.69) is 20.5 Å². The van der Waals surface area contributed by atoms with Gasteiger partial charge in [0, 0.05) is 6.20 Å². The maximum absolute atomic E-state index is 13.6. The maximum atomic E-state index is 13.6. The van der Waals surface area contributed by atoms with E-state index in [1.165, 1.54) is 18.3 Å². The molecule has 0 radical (unpaired) electrons. The highest BCUT2D eigenvalue weighted by Crippen LogP contribution is 2.27. The third-order valence-electron chi connectivity index (χ3n) is 3.26. The zero-order valence-electron chi connectivity index (χ0n) is 11.8. The molecular weight excluding hydrogens is 319 g/mol. The van der Waals surface area contributed by atoms with Gasteiger partial charge in [-0.05, 0) is 29.8 Å². The lowest BCUT2D eigenvalue weighted by molar-refractivity contribution is 0.624. The second-order valence-corrected chi connectivity index (χ2v) is 5.19. The SMILES string of the molecule is O=c1[nH]ncc(NC(c2cccc(F)c2)c2ccccn2)c1Cl. The van der Waals surface area contributed by atoms with Gasteiger partial charge in [0.25, 0.3) is 5.56 Å². The van der Waals surface area contributed by atoms with Crippen molar-refractivity contribution >= 4 is 17.3 Å². The standard InChI is InChI=1S/C16H12ClFN4O/c17-14-13(9-20-22-16(14)23)21-15(12-6-1-2-7-19-12)10-4-3-5-11(18)8-10/h1-9,15H,(H2,21,22,23). The smallest absolute Gasteiger partial charge is 0.285 e. The number of anilines is 1. The number of aromatic nitrogens is 3. The van der Waals surface area contributed by atoms with Crippen molar-refractivity contribution in [2.24, 2.45) is 0 Å². The Morgan fingerprint density at radius 1 is 1.22 bits per heavy atom. The van der Waals surface area contributed by atoms with Gasteiger partial charge in [0.05, 0.1) is 23.6 Å². The molecule has 5 nitrogen and oxygen atoms in total. The molecule has 7 heteroatoms. The van der Waals surface area contributed by atoms with Crippen molar-refractivity contribution in [3.8, 4) is 0 Å². The summed E-state index contributed by atoms with van der Waals surface area (Å²) in [7, 11) is 0. The summed E-state index contributed by atoms with van der Waals surface area (Å²) in [6.07, 6.45) is 3.04. The Balaban J connectivity index is 2.06. The monoisotopic (exact) mass is 330 g/mol. The molecule has 23 heavy (non-hydrogen) atoms. The number of pyridine rings is 1. The van der Waals surface area contributed by atoms with Crippen LogP contribution in [-0.4, -0.2) is 15.2 Å². The Labute approximate surface area is 136 Å². The molecule has 3 aromatic rings. The van der Waals surface area contributed by atoms with Crippen LogP contribution in [0.1, 0.15) is 17.3 Å². The molecular formula is C16H12ClFN4O. The third-order valence-corrected chi connectivity index (χ3v) is 3.64. The minimum Gasteiger partial charge on any atom is -0.370 e. The van der Waals surface area contributed by atoms with E-state index in [9.17, 15) is 9.18 Å². The molecule has 0 amide bonds. The van der Waals surface area contributed by atoms with E-state index in [1.54, 1.807) is 30.5 Å². The Bertz CT molecular complexity index is 869. The fourth-order valence-electron chi connectivity index (χ4n) is 2.20. The van der Waals surface area contributed by atoms with Crippen LogP contribution in [0.15, 0.2) is 59.7 Å². The summed E-state index contributed by atoms with van der Waals surface area (Å²) in [5.41, 5.74) is 1.15. The largest absolute Gasteiger partial charge is 0.370 e. The molecule has 0 aliphatic heterocycles. The molecule has 0 aliphatic carbocycles. The highest BCUT2D eigenvalue weighted by Gasteiger charge is 2.18. The van der Waals surface area contributed by atoms with Crippen LogP contribution in [0.4, 0.5) is 10.1 Å². The lowest BCUT2D eigenvalue weighted by Crippen LogP contribution is -2.17. The topological polar surface area (TPSA) is 70.7 Å². The van der Waals surface area contributed by atoms with Crippen molar-refractivity contribution < 1.29 is 4.39 Å². The summed E-state index contributed by atoms with van der Waals surface area (Å²) in [6.45, 7) is 0. The molecule has 2 heterocycles. The number of benzene rings is 1. The van der Waals surface area contributed by atoms with Gasteiger partial charge in [-0.25, -0.2) is 9.49 Å². The van der Waals surface area contributed by atoms with Gasteiger partial charge in [0.15, 0.2) is 0 Å². The molecule has 1 unspecified atom stereocenters. The molecule has 0 saturated heterocycles. The van der Waals surface area contributed by atoms with Crippen molar-refractivity contribution in [1.82, 2.24) is 15.2 Å². The van der Waals surface area contributed by atoms with E-state index in [-0.39, 0.29) is 10.8 Å². The van der Waals surface area contributed by atoms with E-state index in [1.807, 2.05) is 6.07 Å². The van der Waals surface area contributed by atoms with Crippen molar-refractivity contribution in [3.63, 3.8) is 0 Å². The average Bonchev–Trinajstić information content (AvgIpc) is 2.57. The zero-order valence-corrected chi connectivity index (χ0v) is 12.6. The molecule has 2 aromatic heterocycles. The molecule has 1 atom stereocenters. The number of hydrogen-bond donors (Lipinski definition) is 2. The van der Waals surface area contributed by atoms with E-state index >= 15 is 0 Å². The summed E-state index contributed by atoms with van der Waals surface area (Å²) < 4.78 is 13.6. The first-order chi connectivity index (χ1) is 11.1. The van der Waals surface area contributed by atoms with Crippen LogP contribution in [-0.2, 0) is 0 Å². The first-order valence-electron chi connectivity index (χ1n) is 6.81. The predicted octanol–water partition coefficient (Wildman–Crippen LogP) is 3.16. The van der Waals surface area contributed by atoms with E-state index in [0.29, 0.717) is 16.9 Å². The Hall–Kier alpha value is -2.73. The van der Waals surface area contributed by atoms with Crippen molar-refractivity contribution in [3.05, 3.63) is 87.3 Å². The van der Waals surface area contributed by atoms with Crippen LogP contribution in [0.5, 0.6) is 0 Å². The molecule has 0 fully saturated rings. The molecule has 3 rings (SSSR count). The van der Waals surface area contributed by atoms with Gasteiger partial charge >= 0.3 is 0 Å². The van der Waals surface area contributed by atoms with Gasteiger partial charge in [-0.15, -0.1) is 0 Å². The Morgan fingerprint density at radius 3 is 2.83 bits per heavy atom. The van der Waals surface area contributed by atoms with Crippen LogP contribution in [0.25, 0.3) is 0 Å². The van der Waals surface area contributed by atoms with Crippen LogP contribution >= 0.6 is 11.6 Å². The molecule has 116 valence electrons. The summed E-state index contributed by atoms with van der Waals surface area (Å²) in [5.74, 6) is -0.361. The maximum Gasteiger partial charge on any atom is 0.285 e. The minimum absolute atomic E-state index is 0.0164. The Kier molecular flexibility index (Phi) is 4.34. The summed E-state index contributed by atoms with van der Waals surface area (Å²) in [6, 6.07) is 11.1. The van der Waals surface area contributed by atoms with Crippen LogP contribution < -0.4 is 10.9 Å². The van der Waals surface area contributed by atoms with Crippen molar-refractivity contribution in [2.45, 2.75) is 6.04 Å². The molecule has 0 bridgehead atoms. The molecule has 0 aliphatic rings. The predicted molar refractivity (Wildman–Crippen MR) is 86.0 cm³/mol. The van der Waals surface area contributed by atoms with E-state index < -0.39 is 11.6 Å². The first-order valence-corrected chi connectivity index (χ1v) is 7.19. The number of H-pyrrole nitrogens is 1. The second kappa shape index (κ2) is 6.58. The zero-order chi connectivity index (χ0) is 16.2. The van der Waals surface area contributed by atoms with E-state index in [4.69, 9.17) is 11.6 Å². The Morgan fingerprint density at radius 2 is 2.09 bits per heavy atom. The quantitative estimate of drug-likeness (QED) is 0.771. The van der Waals surface area contributed by atoms with Gasteiger partial charge < -0.3 is 5.32 Å². The third kappa shape index (κ3) is 3.37. The summed E-state index contributed by atoms with van der Waals surface area (Å²) in [5, 5.41) is 9.06. The fourth-order valence-corrected chi connectivity index (χ4v) is 2.35.